The van der Waals surface area contributed by atoms with Crippen molar-refractivity contribution in [2.45, 2.75) is 12.7 Å². The molecule has 0 radical (unpaired) electrons. The van der Waals surface area contributed by atoms with E-state index in [2.05, 4.69) is 11.3 Å². The SMILES string of the molecule is C=C[C@@H](N)c1cccc(OC(F)F)c1. The molecule has 1 atom stereocenters. The third kappa shape index (κ3) is 2.81. The van der Waals surface area contributed by atoms with Crippen LogP contribution in [-0.2, 0) is 0 Å². The lowest BCUT2D eigenvalue weighted by atomic mass is 10.1. The second kappa shape index (κ2) is 4.72. The number of rotatable bonds is 4. The molecular formula is C10H11F2NO. The highest BCUT2D eigenvalue weighted by Gasteiger charge is 2.06. The normalized spacial score (nSPS) is 12.6. The third-order valence-electron chi connectivity index (χ3n) is 1.72. The van der Waals surface area contributed by atoms with E-state index in [1.54, 1.807) is 12.1 Å². The van der Waals surface area contributed by atoms with Crippen LogP contribution < -0.4 is 10.5 Å². The Morgan fingerprint density at radius 3 is 2.71 bits per heavy atom. The fourth-order valence-corrected chi connectivity index (χ4v) is 1.03. The molecule has 0 fully saturated rings. The Morgan fingerprint density at radius 2 is 2.14 bits per heavy atom. The number of hydrogen-bond acceptors (Lipinski definition) is 2. The van der Waals surface area contributed by atoms with Crippen molar-refractivity contribution in [1.82, 2.24) is 0 Å². The van der Waals surface area contributed by atoms with E-state index in [1.165, 1.54) is 18.2 Å². The van der Waals surface area contributed by atoms with Crippen molar-refractivity contribution in [2.75, 3.05) is 0 Å². The van der Waals surface area contributed by atoms with Gasteiger partial charge in [0.1, 0.15) is 5.75 Å². The van der Waals surface area contributed by atoms with E-state index in [0.29, 0.717) is 5.56 Å². The predicted molar refractivity (Wildman–Crippen MR) is 50.2 cm³/mol. The second-order valence-electron chi connectivity index (χ2n) is 2.71. The summed E-state index contributed by atoms with van der Waals surface area (Å²) in [5.41, 5.74) is 6.33. The van der Waals surface area contributed by atoms with Gasteiger partial charge >= 0.3 is 6.61 Å². The van der Waals surface area contributed by atoms with E-state index in [1.807, 2.05) is 0 Å². The zero-order valence-electron chi connectivity index (χ0n) is 7.49. The minimum absolute atomic E-state index is 0.106. The first kappa shape index (κ1) is 10.7. The zero-order valence-corrected chi connectivity index (χ0v) is 7.49. The Labute approximate surface area is 81.0 Å². The van der Waals surface area contributed by atoms with Gasteiger partial charge in [-0.1, -0.05) is 18.2 Å². The number of nitrogens with two attached hydrogens (primary N) is 1. The van der Waals surface area contributed by atoms with Crippen molar-refractivity contribution in [3.05, 3.63) is 42.5 Å². The molecule has 0 unspecified atom stereocenters. The molecular weight excluding hydrogens is 188 g/mol. The maximum atomic E-state index is 11.9. The lowest BCUT2D eigenvalue weighted by Crippen LogP contribution is -2.07. The summed E-state index contributed by atoms with van der Waals surface area (Å²) in [7, 11) is 0. The third-order valence-corrected chi connectivity index (χ3v) is 1.72. The van der Waals surface area contributed by atoms with Crippen molar-refractivity contribution in [2.24, 2.45) is 5.73 Å². The highest BCUT2D eigenvalue weighted by Crippen LogP contribution is 2.19. The monoisotopic (exact) mass is 199 g/mol. The maximum Gasteiger partial charge on any atom is 0.387 e. The van der Waals surface area contributed by atoms with Gasteiger partial charge in [-0.3, -0.25) is 0 Å². The summed E-state index contributed by atoms with van der Waals surface area (Å²) in [5.74, 6) is 0.106. The van der Waals surface area contributed by atoms with Crippen LogP contribution in [0.5, 0.6) is 5.75 Å². The van der Waals surface area contributed by atoms with E-state index < -0.39 is 6.61 Å². The van der Waals surface area contributed by atoms with E-state index in [0.717, 1.165) is 0 Å². The van der Waals surface area contributed by atoms with Crippen molar-refractivity contribution in [1.29, 1.82) is 0 Å². The molecule has 4 heteroatoms. The Bertz CT molecular complexity index is 315. The molecule has 0 saturated carbocycles. The summed E-state index contributed by atoms with van der Waals surface area (Å²) >= 11 is 0. The predicted octanol–water partition coefficient (Wildman–Crippen LogP) is 2.47. The van der Waals surface area contributed by atoms with Crippen molar-refractivity contribution >= 4 is 0 Å². The molecule has 0 aliphatic carbocycles. The Kier molecular flexibility index (Phi) is 3.59. The summed E-state index contributed by atoms with van der Waals surface area (Å²) in [6.45, 7) is 0.699. The molecule has 1 aromatic rings. The van der Waals surface area contributed by atoms with Crippen molar-refractivity contribution in [3.8, 4) is 5.75 Å². The minimum Gasteiger partial charge on any atom is -0.435 e. The van der Waals surface area contributed by atoms with Gasteiger partial charge in [-0.05, 0) is 17.7 Å². The first-order valence-corrected chi connectivity index (χ1v) is 4.06. The van der Waals surface area contributed by atoms with Gasteiger partial charge in [0.15, 0.2) is 0 Å². The molecule has 1 aromatic carbocycles. The highest BCUT2D eigenvalue weighted by atomic mass is 19.3. The van der Waals surface area contributed by atoms with Gasteiger partial charge in [0.05, 0.1) is 0 Å². The highest BCUT2D eigenvalue weighted by molar-refractivity contribution is 5.31. The molecule has 0 aliphatic rings. The van der Waals surface area contributed by atoms with E-state index in [4.69, 9.17) is 5.73 Å². The van der Waals surface area contributed by atoms with Crippen LogP contribution in [0.3, 0.4) is 0 Å². The molecule has 0 spiro atoms. The van der Waals surface area contributed by atoms with Crippen LogP contribution in [0, 0.1) is 0 Å². The van der Waals surface area contributed by atoms with Crippen LogP contribution >= 0.6 is 0 Å². The van der Waals surface area contributed by atoms with Gasteiger partial charge in [-0.2, -0.15) is 8.78 Å². The Hall–Kier alpha value is -1.42. The number of halogens is 2. The molecule has 0 amide bonds. The number of ether oxygens (including phenoxy) is 1. The minimum atomic E-state index is -2.81. The summed E-state index contributed by atoms with van der Waals surface area (Å²) in [5, 5.41) is 0. The fraction of sp³-hybridized carbons (Fsp3) is 0.200. The van der Waals surface area contributed by atoms with Gasteiger partial charge in [0, 0.05) is 6.04 Å². The fourth-order valence-electron chi connectivity index (χ4n) is 1.03. The summed E-state index contributed by atoms with van der Waals surface area (Å²) < 4.78 is 27.9. The van der Waals surface area contributed by atoms with Crippen LogP contribution in [0.15, 0.2) is 36.9 Å². The molecule has 0 heterocycles. The standard InChI is InChI=1S/C10H11F2NO/c1-2-9(13)7-4-3-5-8(6-7)14-10(11)12/h2-6,9-10H,1,13H2/t9-/m1/s1. The van der Waals surface area contributed by atoms with Crippen molar-refractivity contribution < 1.29 is 13.5 Å². The summed E-state index contributed by atoms with van der Waals surface area (Å²) in [6.07, 6.45) is 1.53. The van der Waals surface area contributed by atoms with Gasteiger partial charge in [0.25, 0.3) is 0 Å². The molecule has 0 aromatic heterocycles. The van der Waals surface area contributed by atoms with Gasteiger partial charge in [-0.15, -0.1) is 6.58 Å². The van der Waals surface area contributed by atoms with E-state index in [-0.39, 0.29) is 11.8 Å². The van der Waals surface area contributed by atoms with E-state index in [9.17, 15) is 8.78 Å². The molecule has 0 bridgehead atoms. The maximum absolute atomic E-state index is 11.9. The largest absolute Gasteiger partial charge is 0.435 e. The first-order valence-electron chi connectivity index (χ1n) is 4.06. The quantitative estimate of drug-likeness (QED) is 0.756. The lowest BCUT2D eigenvalue weighted by Gasteiger charge is -2.09. The van der Waals surface area contributed by atoms with Crippen LogP contribution in [0.4, 0.5) is 8.78 Å². The molecule has 0 saturated heterocycles. The van der Waals surface area contributed by atoms with Crippen LogP contribution in [-0.4, -0.2) is 6.61 Å². The lowest BCUT2D eigenvalue weighted by molar-refractivity contribution is -0.0498. The topological polar surface area (TPSA) is 35.2 Å². The second-order valence-corrected chi connectivity index (χ2v) is 2.71. The van der Waals surface area contributed by atoms with Crippen molar-refractivity contribution in [3.63, 3.8) is 0 Å². The first-order chi connectivity index (χ1) is 6.63. The molecule has 2 nitrogen and oxygen atoms in total. The Balaban J connectivity index is 2.83. The molecule has 1 rings (SSSR count). The van der Waals surface area contributed by atoms with Gasteiger partial charge in [0.2, 0.25) is 0 Å². The summed E-state index contributed by atoms with van der Waals surface area (Å²) in [4.78, 5) is 0. The molecule has 2 N–H and O–H groups in total. The molecule has 76 valence electrons. The average Bonchev–Trinajstić information content (AvgIpc) is 2.16. The number of alkyl halides is 2. The van der Waals surface area contributed by atoms with Gasteiger partial charge in [-0.25, -0.2) is 0 Å². The zero-order chi connectivity index (χ0) is 10.6. The molecule has 0 aliphatic heterocycles. The van der Waals surface area contributed by atoms with Crippen LogP contribution in [0.2, 0.25) is 0 Å². The summed E-state index contributed by atoms with van der Waals surface area (Å²) in [6, 6.07) is 5.89. The van der Waals surface area contributed by atoms with Gasteiger partial charge < -0.3 is 10.5 Å². The average molecular weight is 199 g/mol. The van der Waals surface area contributed by atoms with Crippen LogP contribution in [0.1, 0.15) is 11.6 Å². The Morgan fingerprint density at radius 1 is 1.43 bits per heavy atom. The smallest absolute Gasteiger partial charge is 0.387 e. The van der Waals surface area contributed by atoms with Crippen LogP contribution in [0.25, 0.3) is 0 Å². The molecule has 14 heavy (non-hydrogen) atoms. The van der Waals surface area contributed by atoms with E-state index >= 15 is 0 Å². The number of hydrogen-bond donors (Lipinski definition) is 1. The number of benzene rings is 1.